The molecular weight excluding hydrogens is 1020 g/mol. The van der Waals surface area contributed by atoms with E-state index in [1.54, 1.807) is 91.0 Å². The topological polar surface area (TPSA) is 167 Å². The predicted octanol–water partition coefficient (Wildman–Crippen LogP) is 15.9. The average Bonchev–Trinajstić information content (AvgIpc) is 3.67. The highest BCUT2D eigenvalue weighted by molar-refractivity contribution is 5.91. The second-order valence-electron chi connectivity index (χ2n) is 22.1. The number of carbonyl (C=O) groups excluding carboxylic acids is 4. The number of carbonyl (C=O) groups is 4. The summed E-state index contributed by atoms with van der Waals surface area (Å²) in [6.45, 7) is 3.47. The summed E-state index contributed by atoms with van der Waals surface area (Å²) in [6.07, 6.45) is 37.2. The SMILES string of the molecule is CCCCCCCC/C=C/CCCCCCCCCCCCCC(=O)N[C@@H](CO[C@@H]1O[C@H](CO)[C@@H](O)[C@H](OC(=O)c2ccccc2)[C@H]1OC(=O)c1ccccc1)[C@@H](/C=C/CCCCCCCCCCCCC)OC(=O)c1ccccc1. The number of aliphatic hydroxyl groups excluding tert-OH is 2. The fourth-order valence-electron chi connectivity index (χ4n) is 10.3. The Hall–Kier alpha value is -5.14. The fourth-order valence-corrected chi connectivity index (χ4v) is 10.3. The molecule has 0 spiro atoms. The van der Waals surface area contributed by atoms with E-state index in [1.807, 2.05) is 12.1 Å². The zero-order valence-corrected chi connectivity index (χ0v) is 49.6. The normalized spacial score (nSPS) is 18.0. The molecular formula is C69H103NO11. The number of unbranched alkanes of at least 4 members (excludes halogenated alkanes) is 28. The van der Waals surface area contributed by atoms with Crippen molar-refractivity contribution >= 4 is 23.8 Å². The summed E-state index contributed by atoms with van der Waals surface area (Å²) in [5, 5.41) is 25.2. The van der Waals surface area contributed by atoms with Crippen molar-refractivity contribution in [2.24, 2.45) is 0 Å². The van der Waals surface area contributed by atoms with E-state index in [0.29, 0.717) is 12.0 Å². The molecule has 1 fully saturated rings. The highest BCUT2D eigenvalue weighted by Gasteiger charge is 2.51. The number of allylic oxidation sites excluding steroid dienone is 3. The molecule has 4 rings (SSSR count). The number of hydrogen-bond acceptors (Lipinski definition) is 11. The van der Waals surface area contributed by atoms with Crippen LogP contribution in [0.5, 0.6) is 0 Å². The first-order valence-corrected chi connectivity index (χ1v) is 31.7. The van der Waals surface area contributed by atoms with E-state index >= 15 is 0 Å². The first kappa shape index (κ1) is 68.4. The number of hydrogen-bond donors (Lipinski definition) is 3. The summed E-state index contributed by atoms with van der Waals surface area (Å²) in [7, 11) is 0. The van der Waals surface area contributed by atoms with E-state index in [0.717, 1.165) is 44.9 Å². The fraction of sp³-hybridized carbons (Fsp3) is 0.623. The molecule has 3 N–H and O–H groups in total. The monoisotopic (exact) mass is 1120 g/mol. The standard InChI is InChI=1S/C69H103NO11/c1-3-5-7-9-11-13-15-17-18-19-20-21-22-23-24-26-28-30-32-34-45-53-62(72)70-59(60(78-66(74)56-46-38-35-39-47-56)52-44-33-31-29-27-25-16-14-12-10-8-6-4-2)55-77-69-65(81-68(76)58-50-42-37-43-51-58)64(63(73)61(54-71)79-69)80-67(75)57-48-40-36-41-49-57/h17-18,35-44,46-52,59-61,63-65,69,71,73H,3-16,19-34,45,53-55H2,1-2H3,(H,70,72)/b18-17+,52-44+/t59-,60+,61+,63+,64-,65+,69+/m0/s1. The molecule has 1 amide bonds. The van der Waals surface area contributed by atoms with Crippen molar-refractivity contribution in [3.63, 3.8) is 0 Å². The molecule has 7 atom stereocenters. The Morgan fingerprint density at radius 2 is 0.889 bits per heavy atom. The number of rotatable bonds is 46. The van der Waals surface area contributed by atoms with Crippen LogP contribution in [0.4, 0.5) is 0 Å². The lowest BCUT2D eigenvalue weighted by atomic mass is 9.98. The highest BCUT2D eigenvalue weighted by Crippen LogP contribution is 2.29. The van der Waals surface area contributed by atoms with Crippen LogP contribution in [0.1, 0.15) is 250 Å². The first-order chi connectivity index (χ1) is 39.7. The molecule has 0 unspecified atom stereocenters. The molecule has 450 valence electrons. The highest BCUT2D eigenvalue weighted by atomic mass is 16.7. The Kier molecular flexibility index (Phi) is 37.5. The number of benzene rings is 3. The van der Waals surface area contributed by atoms with E-state index in [2.05, 4.69) is 31.3 Å². The van der Waals surface area contributed by atoms with Gasteiger partial charge >= 0.3 is 17.9 Å². The summed E-state index contributed by atoms with van der Waals surface area (Å²) >= 11 is 0. The van der Waals surface area contributed by atoms with Crippen LogP contribution in [0.15, 0.2) is 115 Å². The van der Waals surface area contributed by atoms with Crippen molar-refractivity contribution in [3.05, 3.63) is 132 Å². The van der Waals surface area contributed by atoms with Crippen molar-refractivity contribution < 1.29 is 53.1 Å². The van der Waals surface area contributed by atoms with Gasteiger partial charge in [-0.1, -0.05) is 241 Å². The summed E-state index contributed by atoms with van der Waals surface area (Å²) in [6, 6.07) is 24.0. The van der Waals surface area contributed by atoms with Gasteiger partial charge in [0.15, 0.2) is 18.5 Å². The van der Waals surface area contributed by atoms with Crippen molar-refractivity contribution in [1.29, 1.82) is 0 Å². The van der Waals surface area contributed by atoms with Gasteiger partial charge in [0.1, 0.15) is 18.3 Å². The lowest BCUT2D eigenvalue weighted by molar-refractivity contribution is -0.300. The Morgan fingerprint density at radius 1 is 0.506 bits per heavy atom. The second-order valence-corrected chi connectivity index (χ2v) is 22.1. The van der Waals surface area contributed by atoms with Crippen LogP contribution < -0.4 is 5.32 Å². The third kappa shape index (κ3) is 29.6. The molecule has 1 saturated heterocycles. The molecule has 1 aliphatic heterocycles. The van der Waals surface area contributed by atoms with Gasteiger partial charge in [0.25, 0.3) is 0 Å². The zero-order chi connectivity index (χ0) is 57.8. The lowest BCUT2D eigenvalue weighted by Gasteiger charge is -2.43. The molecule has 3 aromatic rings. The molecule has 0 bridgehead atoms. The molecule has 0 aromatic heterocycles. The largest absolute Gasteiger partial charge is 0.452 e. The summed E-state index contributed by atoms with van der Waals surface area (Å²) in [5.74, 6) is -2.47. The number of esters is 3. The first-order valence-electron chi connectivity index (χ1n) is 31.7. The predicted molar refractivity (Wildman–Crippen MR) is 324 cm³/mol. The van der Waals surface area contributed by atoms with Crippen LogP contribution in [0.2, 0.25) is 0 Å². The minimum absolute atomic E-state index is 0.182. The molecule has 81 heavy (non-hydrogen) atoms. The lowest BCUT2D eigenvalue weighted by Crippen LogP contribution is -2.62. The Balaban J connectivity index is 1.41. The third-order valence-electron chi connectivity index (χ3n) is 15.2. The van der Waals surface area contributed by atoms with Crippen LogP contribution in [-0.2, 0) is 28.5 Å². The van der Waals surface area contributed by atoms with Gasteiger partial charge in [0.2, 0.25) is 5.91 Å². The van der Waals surface area contributed by atoms with Crippen molar-refractivity contribution in [3.8, 4) is 0 Å². The number of amides is 1. The maximum absolute atomic E-state index is 14.0. The van der Waals surface area contributed by atoms with Crippen LogP contribution in [0, 0.1) is 0 Å². The van der Waals surface area contributed by atoms with Gasteiger partial charge in [-0.3, -0.25) is 4.79 Å². The van der Waals surface area contributed by atoms with E-state index in [9.17, 15) is 29.4 Å². The molecule has 0 aliphatic carbocycles. The van der Waals surface area contributed by atoms with E-state index < -0.39 is 67.4 Å². The summed E-state index contributed by atoms with van der Waals surface area (Å²) in [5.41, 5.74) is 0.695. The Bertz CT molecular complexity index is 2130. The molecule has 1 aliphatic rings. The van der Waals surface area contributed by atoms with Gasteiger partial charge < -0.3 is 39.2 Å². The van der Waals surface area contributed by atoms with Crippen LogP contribution in [0.3, 0.4) is 0 Å². The smallest absolute Gasteiger partial charge is 0.338 e. The van der Waals surface area contributed by atoms with E-state index in [-0.39, 0.29) is 30.1 Å². The molecule has 12 heteroatoms. The van der Waals surface area contributed by atoms with Gasteiger partial charge in [0, 0.05) is 6.42 Å². The van der Waals surface area contributed by atoms with Gasteiger partial charge in [-0.2, -0.15) is 0 Å². The number of aliphatic hydroxyl groups is 2. The van der Waals surface area contributed by atoms with E-state index in [1.165, 1.54) is 148 Å². The average molecular weight is 1120 g/mol. The van der Waals surface area contributed by atoms with Crippen LogP contribution in [-0.4, -0.2) is 90.1 Å². The minimum Gasteiger partial charge on any atom is -0.452 e. The number of ether oxygens (including phenoxy) is 5. The summed E-state index contributed by atoms with van der Waals surface area (Å²) < 4.78 is 30.7. The van der Waals surface area contributed by atoms with Crippen LogP contribution in [0.25, 0.3) is 0 Å². The minimum atomic E-state index is -1.64. The van der Waals surface area contributed by atoms with Crippen molar-refractivity contribution in [2.75, 3.05) is 13.2 Å². The van der Waals surface area contributed by atoms with Gasteiger partial charge in [-0.25, -0.2) is 14.4 Å². The molecule has 3 aromatic carbocycles. The maximum Gasteiger partial charge on any atom is 0.338 e. The second kappa shape index (κ2) is 44.4. The van der Waals surface area contributed by atoms with Gasteiger partial charge in [-0.05, 0) is 87.4 Å². The Morgan fingerprint density at radius 3 is 1.32 bits per heavy atom. The molecule has 0 radical (unpaired) electrons. The number of nitrogens with one attached hydrogen (secondary N) is 1. The molecule has 1 heterocycles. The van der Waals surface area contributed by atoms with Gasteiger partial charge in [-0.15, -0.1) is 0 Å². The maximum atomic E-state index is 14.0. The van der Waals surface area contributed by atoms with Crippen molar-refractivity contribution in [1.82, 2.24) is 5.32 Å². The van der Waals surface area contributed by atoms with Crippen molar-refractivity contribution in [2.45, 2.75) is 262 Å². The van der Waals surface area contributed by atoms with Gasteiger partial charge in [0.05, 0.1) is 35.9 Å². The molecule has 0 saturated carbocycles. The Labute approximate surface area is 487 Å². The summed E-state index contributed by atoms with van der Waals surface area (Å²) in [4.78, 5) is 55.2. The quantitative estimate of drug-likeness (QED) is 0.0213. The third-order valence-corrected chi connectivity index (χ3v) is 15.2. The van der Waals surface area contributed by atoms with E-state index in [4.69, 9.17) is 23.7 Å². The molecule has 12 nitrogen and oxygen atoms in total. The van der Waals surface area contributed by atoms with Crippen LogP contribution >= 0.6 is 0 Å². The zero-order valence-electron chi connectivity index (χ0n) is 49.6.